The maximum atomic E-state index is 12.1. The fourth-order valence-electron chi connectivity index (χ4n) is 2.31. The number of carbonyl (C=O) groups is 2. The Labute approximate surface area is 133 Å². The maximum absolute atomic E-state index is 12.1. The smallest absolute Gasteiger partial charge is 0.325 e. The number of aromatic nitrogens is 2. The van der Waals surface area contributed by atoms with Crippen LogP contribution in [0.1, 0.15) is 24.8 Å². The van der Waals surface area contributed by atoms with Crippen LogP contribution in [-0.4, -0.2) is 33.9 Å². The van der Waals surface area contributed by atoms with Gasteiger partial charge in [-0.2, -0.15) is 5.10 Å². The Morgan fingerprint density at radius 1 is 1.35 bits per heavy atom. The second kappa shape index (κ2) is 7.44. The summed E-state index contributed by atoms with van der Waals surface area (Å²) in [6, 6.07) is 9.13. The number of nitrogens with one attached hydrogen (secondary N) is 1. The zero-order chi connectivity index (χ0) is 16.8. The molecule has 0 radical (unpaired) electrons. The number of hydrogen-bond donors (Lipinski definition) is 2. The summed E-state index contributed by atoms with van der Waals surface area (Å²) in [6.45, 7) is 1.70. The number of para-hydroxylation sites is 1. The van der Waals surface area contributed by atoms with Gasteiger partial charge < -0.3 is 15.2 Å². The Kier molecular flexibility index (Phi) is 5.35. The molecule has 1 amide bonds. The lowest BCUT2D eigenvalue weighted by atomic mass is 9.96. The molecule has 0 bridgehead atoms. The molecule has 1 unspecified atom stereocenters. The van der Waals surface area contributed by atoms with Gasteiger partial charge in [-0.1, -0.05) is 25.1 Å². The molecule has 2 aromatic rings. The van der Waals surface area contributed by atoms with Crippen molar-refractivity contribution in [2.24, 2.45) is 0 Å². The number of benzene rings is 1. The molecule has 0 fully saturated rings. The van der Waals surface area contributed by atoms with Crippen molar-refractivity contribution in [2.75, 3.05) is 12.4 Å². The minimum absolute atomic E-state index is 0.0211. The van der Waals surface area contributed by atoms with Crippen LogP contribution in [0.2, 0.25) is 0 Å². The normalized spacial score (nSPS) is 11.7. The SMILES string of the molecule is COc1ccccc1C(C)CC(=O)Nc1ccn(CC(=O)O)n1. The predicted octanol–water partition coefficient (Wildman–Crippen LogP) is 2.11. The number of methoxy groups -OCH3 is 1. The van der Waals surface area contributed by atoms with Gasteiger partial charge in [-0.15, -0.1) is 0 Å². The highest BCUT2D eigenvalue weighted by Gasteiger charge is 2.15. The summed E-state index contributed by atoms with van der Waals surface area (Å²) >= 11 is 0. The molecule has 1 heterocycles. The first-order valence-corrected chi connectivity index (χ1v) is 7.17. The van der Waals surface area contributed by atoms with Crippen molar-refractivity contribution >= 4 is 17.7 Å². The van der Waals surface area contributed by atoms with E-state index in [0.29, 0.717) is 5.82 Å². The number of rotatable bonds is 7. The molecule has 122 valence electrons. The van der Waals surface area contributed by atoms with Crippen molar-refractivity contribution in [3.63, 3.8) is 0 Å². The monoisotopic (exact) mass is 317 g/mol. The Hall–Kier alpha value is -2.83. The summed E-state index contributed by atoms with van der Waals surface area (Å²) < 4.78 is 6.56. The summed E-state index contributed by atoms with van der Waals surface area (Å²) in [7, 11) is 1.60. The Bertz CT molecular complexity index is 696. The molecule has 0 saturated carbocycles. The van der Waals surface area contributed by atoms with E-state index in [2.05, 4.69) is 10.4 Å². The molecule has 0 aliphatic rings. The molecule has 2 N–H and O–H groups in total. The second-order valence-corrected chi connectivity index (χ2v) is 5.19. The van der Waals surface area contributed by atoms with Crippen LogP contribution in [0.5, 0.6) is 5.75 Å². The third-order valence-corrected chi connectivity index (χ3v) is 3.37. The van der Waals surface area contributed by atoms with E-state index in [1.165, 1.54) is 10.9 Å². The van der Waals surface area contributed by atoms with Gasteiger partial charge in [0.1, 0.15) is 12.3 Å². The Balaban J connectivity index is 1.96. The van der Waals surface area contributed by atoms with Crippen LogP contribution in [0.25, 0.3) is 0 Å². The summed E-state index contributed by atoms with van der Waals surface area (Å²) in [4.78, 5) is 22.7. The van der Waals surface area contributed by atoms with Crippen molar-refractivity contribution in [3.8, 4) is 5.75 Å². The number of carboxylic acid groups (broad SMARTS) is 1. The highest BCUT2D eigenvalue weighted by atomic mass is 16.5. The predicted molar refractivity (Wildman–Crippen MR) is 84.5 cm³/mol. The fraction of sp³-hybridized carbons (Fsp3) is 0.312. The highest BCUT2D eigenvalue weighted by molar-refractivity contribution is 5.90. The molecule has 0 aliphatic heterocycles. The van der Waals surface area contributed by atoms with E-state index in [-0.39, 0.29) is 24.8 Å². The average Bonchev–Trinajstić information content (AvgIpc) is 2.93. The van der Waals surface area contributed by atoms with Gasteiger partial charge in [0.05, 0.1) is 7.11 Å². The topological polar surface area (TPSA) is 93.5 Å². The van der Waals surface area contributed by atoms with Crippen LogP contribution in [0.4, 0.5) is 5.82 Å². The Morgan fingerprint density at radius 2 is 2.09 bits per heavy atom. The molecule has 1 aromatic carbocycles. The number of carbonyl (C=O) groups excluding carboxylic acids is 1. The van der Waals surface area contributed by atoms with Crippen LogP contribution in [0.3, 0.4) is 0 Å². The Morgan fingerprint density at radius 3 is 2.78 bits per heavy atom. The minimum atomic E-state index is -0.990. The minimum Gasteiger partial charge on any atom is -0.496 e. The molecule has 0 spiro atoms. The molecule has 0 saturated heterocycles. The molecule has 23 heavy (non-hydrogen) atoms. The zero-order valence-electron chi connectivity index (χ0n) is 13.0. The van der Waals surface area contributed by atoms with Crippen molar-refractivity contribution in [1.29, 1.82) is 0 Å². The fourth-order valence-corrected chi connectivity index (χ4v) is 2.31. The van der Waals surface area contributed by atoms with E-state index < -0.39 is 5.97 Å². The van der Waals surface area contributed by atoms with E-state index in [4.69, 9.17) is 9.84 Å². The van der Waals surface area contributed by atoms with Gasteiger partial charge in [-0.05, 0) is 17.5 Å². The maximum Gasteiger partial charge on any atom is 0.325 e. The van der Waals surface area contributed by atoms with Gasteiger partial charge in [0, 0.05) is 18.7 Å². The number of amides is 1. The van der Waals surface area contributed by atoms with E-state index in [1.807, 2.05) is 31.2 Å². The zero-order valence-corrected chi connectivity index (χ0v) is 13.0. The molecule has 7 heteroatoms. The van der Waals surface area contributed by atoms with Gasteiger partial charge in [-0.25, -0.2) is 0 Å². The largest absolute Gasteiger partial charge is 0.496 e. The van der Waals surface area contributed by atoms with Crippen molar-refractivity contribution in [2.45, 2.75) is 25.8 Å². The molecular formula is C16H19N3O4. The second-order valence-electron chi connectivity index (χ2n) is 5.19. The molecule has 7 nitrogen and oxygen atoms in total. The van der Waals surface area contributed by atoms with E-state index in [1.54, 1.807) is 13.2 Å². The number of ether oxygens (including phenoxy) is 1. The summed E-state index contributed by atoms with van der Waals surface area (Å²) in [5, 5.41) is 15.3. The first kappa shape index (κ1) is 16.5. The first-order valence-electron chi connectivity index (χ1n) is 7.17. The van der Waals surface area contributed by atoms with Gasteiger partial charge in [0.25, 0.3) is 0 Å². The number of nitrogens with zero attached hydrogens (tertiary/aromatic N) is 2. The number of carboxylic acids is 1. The van der Waals surface area contributed by atoms with Gasteiger partial charge >= 0.3 is 5.97 Å². The highest BCUT2D eigenvalue weighted by Crippen LogP contribution is 2.28. The van der Waals surface area contributed by atoms with Gasteiger partial charge in [0.2, 0.25) is 5.91 Å². The average molecular weight is 317 g/mol. The third kappa shape index (κ3) is 4.57. The van der Waals surface area contributed by atoms with Crippen LogP contribution >= 0.6 is 0 Å². The number of aliphatic carboxylic acids is 1. The lowest BCUT2D eigenvalue weighted by molar-refractivity contribution is -0.137. The number of hydrogen-bond acceptors (Lipinski definition) is 4. The van der Waals surface area contributed by atoms with Gasteiger partial charge in [0.15, 0.2) is 5.82 Å². The first-order chi connectivity index (χ1) is 11.0. The summed E-state index contributed by atoms with van der Waals surface area (Å²) in [6.07, 6.45) is 1.78. The molecule has 0 aliphatic carbocycles. The van der Waals surface area contributed by atoms with Gasteiger partial charge in [-0.3, -0.25) is 14.3 Å². The van der Waals surface area contributed by atoms with Crippen LogP contribution < -0.4 is 10.1 Å². The lowest BCUT2D eigenvalue weighted by Crippen LogP contribution is -2.16. The third-order valence-electron chi connectivity index (χ3n) is 3.37. The standard InChI is InChI=1S/C16H19N3O4/c1-11(12-5-3-4-6-13(12)23-2)9-15(20)17-14-7-8-19(18-14)10-16(21)22/h3-8,11H,9-10H2,1-2H3,(H,21,22)(H,17,18,20). The lowest BCUT2D eigenvalue weighted by Gasteiger charge is -2.14. The quantitative estimate of drug-likeness (QED) is 0.816. The summed E-state index contributed by atoms with van der Waals surface area (Å²) in [5.74, 6) is -0.117. The van der Waals surface area contributed by atoms with Crippen molar-refractivity contribution < 1.29 is 19.4 Å². The molecular weight excluding hydrogens is 298 g/mol. The van der Waals surface area contributed by atoms with E-state index >= 15 is 0 Å². The van der Waals surface area contributed by atoms with Crippen LogP contribution in [0.15, 0.2) is 36.5 Å². The van der Waals surface area contributed by atoms with Crippen LogP contribution in [0, 0.1) is 0 Å². The molecule has 1 atom stereocenters. The van der Waals surface area contributed by atoms with Crippen molar-refractivity contribution in [1.82, 2.24) is 9.78 Å². The van der Waals surface area contributed by atoms with E-state index in [9.17, 15) is 9.59 Å². The van der Waals surface area contributed by atoms with E-state index in [0.717, 1.165) is 11.3 Å². The molecule has 1 aromatic heterocycles. The van der Waals surface area contributed by atoms with Crippen LogP contribution in [-0.2, 0) is 16.1 Å². The molecule has 2 rings (SSSR count). The number of anilines is 1. The van der Waals surface area contributed by atoms with Crippen molar-refractivity contribution in [3.05, 3.63) is 42.1 Å². The summed E-state index contributed by atoms with van der Waals surface area (Å²) in [5.41, 5.74) is 0.960.